The van der Waals surface area contributed by atoms with Crippen molar-refractivity contribution in [1.82, 2.24) is 5.32 Å². The largest absolute Gasteiger partial charge is 0.421 e. The summed E-state index contributed by atoms with van der Waals surface area (Å²) < 4.78 is 5.72. The van der Waals surface area contributed by atoms with Crippen molar-refractivity contribution >= 4 is 17.7 Å². The lowest BCUT2D eigenvalue weighted by molar-refractivity contribution is 0.524. The molecular formula is C22H26N2OS. The summed E-state index contributed by atoms with van der Waals surface area (Å²) in [7, 11) is 0. The smallest absolute Gasteiger partial charge is 0.130 e. The zero-order valence-electron chi connectivity index (χ0n) is 15.4. The van der Waals surface area contributed by atoms with Crippen LogP contribution < -0.4 is 10.6 Å². The third kappa shape index (κ3) is 7.11. The fraction of sp³-hybridized carbons (Fsp3) is 0.182. The van der Waals surface area contributed by atoms with Gasteiger partial charge in [-0.15, -0.1) is 0 Å². The van der Waals surface area contributed by atoms with Crippen molar-refractivity contribution in [2.45, 2.75) is 25.2 Å². The van der Waals surface area contributed by atoms with Crippen LogP contribution >= 0.6 is 12.0 Å². The van der Waals surface area contributed by atoms with Gasteiger partial charge in [-0.3, -0.25) is 0 Å². The maximum Gasteiger partial charge on any atom is 0.130 e. The van der Waals surface area contributed by atoms with E-state index in [4.69, 9.17) is 4.18 Å². The molecule has 1 aliphatic rings. The molecule has 0 spiro atoms. The van der Waals surface area contributed by atoms with Crippen LogP contribution in [0.1, 0.15) is 20.3 Å². The maximum atomic E-state index is 5.72. The van der Waals surface area contributed by atoms with Crippen LogP contribution in [0.4, 0.5) is 5.69 Å². The third-order valence-corrected chi connectivity index (χ3v) is 4.34. The minimum absolute atomic E-state index is 0.625. The van der Waals surface area contributed by atoms with E-state index < -0.39 is 0 Å². The van der Waals surface area contributed by atoms with Gasteiger partial charge in [0.1, 0.15) is 5.76 Å². The fourth-order valence-corrected chi connectivity index (χ4v) is 2.93. The summed E-state index contributed by atoms with van der Waals surface area (Å²) in [4.78, 5) is 1.01. The van der Waals surface area contributed by atoms with Gasteiger partial charge in [-0.2, -0.15) is 0 Å². The SMILES string of the molecule is C=C(/C=C(C)\C=C/C)OSc1ccccc1NCNC1=CCC=CC=C1. The third-order valence-electron chi connectivity index (χ3n) is 3.51. The van der Waals surface area contributed by atoms with Crippen molar-refractivity contribution in [3.63, 3.8) is 0 Å². The topological polar surface area (TPSA) is 33.3 Å². The van der Waals surface area contributed by atoms with Gasteiger partial charge in [0, 0.05) is 5.70 Å². The molecule has 1 aromatic rings. The van der Waals surface area contributed by atoms with Crippen LogP contribution in [0, 0.1) is 0 Å². The minimum atomic E-state index is 0.625. The fourth-order valence-electron chi connectivity index (χ4n) is 2.32. The lowest BCUT2D eigenvalue weighted by Crippen LogP contribution is -2.20. The van der Waals surface area contributed by atoms with E-state index in [0.29, 0.717) is 12.4 Å². The highest BCUT2D eigenvalue weighted by molar-refractivity contribution is 7.95. The molecule has 0 aromatic heterocycles. The van der Waals surface area contributed by atoms with E-state index in [0.717, 1.165) is 28.3 Å². The minimum Gasteiger partial charge on any atom is -0.421 e. The Morgan fingerprint density at radius 1 is 1.27 bits per heavy atom. The van der Waals surface area contributed by atoms with Gasteiger partial charge in [0.2, 0.25) is 0 Å². The van der Waals surface area contributed by atoms with Crippen LogP contribution in [0.2, 0.25) is 0 Å². The number of allylic oxidation sites excluding steroid dienone is 9. The molecule has 0 saturated heterocycles. The summed E-state index contributed by atoms with van der Waals surface area (Å²) in [6, 6.07) is 8.07. The van der Waals surface area contributed by atoms with Gasteiger partial charge in [-0.05, 0) is 50.1 Å². The van der Waals surface area contributed by atoms with Gasteiger partial charge in [0.25, 0.3) is 0 Å². The van der Waals surface area contributed by atoms with Gasteiger partial charge >= 0.3 is 0 Å². The number of hydrogen-bond acceptors (Lipinski definition) is 4. The first-order chi connectivity index (χ1) is 12.7. The Balaban J connectivity index is 1.88. The van der Waals surface area contributed by atoms with Crippen molar-refractivity contribution < 1.29 is 4.18 Å². The first kappa shape index (κ1) is 19.7. The van der Waals surface area contributed by atoms with Gasteiger partial charge in [-0.1, -0.05) is 55.2 Å². The summed E-state index contributed by atoms with van der Waals surface area (Å²) in [6.07, 6.45) is 17.3. The second kappa shape index (κ2) is 11.1. The second-order valence-corrected chi connectivity index (χ2v) is 6.50. The highest BCUT2D eigenvalue weighted by atomic mass is 32.2. The Bertz CT molecular complexity index is 757. The quantitative estimate of drug-likeness (QED) is 0.239. The molecule has 0 fully saturated rings. The molecule has 4 heteroatoms. The first-order valence-electron chi connectivity index (χ1n) is 8.63. The van der Waals surface area contributed by atoms with Crippen LogP contribution in [0.15, 0.2) is 101 Å². The maximum absolute atomic E-state index is 5.72. The average Bonchev–Trinajstić information content (AvgIpc) is 2.90. The number of anilines is 1. The molecule has 1 aliphatic carbocycles. The van der Waals surface area contributed by atoms with Crippen molar-refractivity contribution in [1.29, 1.82) is 0 Å². The predicted molar refractivity (Wildman–Crippen MR) is 114 cm³/mol. The molecule has 136 valence electrons. The number of hydrogen-bond donors (Lipinski definition) is 2. The lowest BCUT2D eigenvalue weighted by atomic mass is 10.2. The van der Waals surface area contributed by atoms with E-state index in [9.17, 15) is 0 Å². The molecule has 2 rings (SSSR count). The Morgan fingerprint density at radius 2 is 2.12 bits per heavy atom. The van der Waals surface area contributed by atoms with Crippen molar-refractivity contribution in [2.24, 2.45) is 0 Å². The molecule has 26 heavy (non-hydrogen) atoms. The Labute approximate surface area is 161 Å². The summed E-state index contributed by atoms with van der Waals surface area (Å²) in [5, 5.41) is 6.78. The van der Waals surface area contributed by atoms with Crippen LogP contribution in [-0.2, 0) is 4.18 Å². The molecule has 1 aromatic carbocycles. The molecule has 2 N–H and O–H groups in total. The molecule has 0 unspecified atom stereocenters. The standard InChI is InChI=1S/C22H26N2OS/c1-4-11-18(2)16-19(3)25-26-22-15-10-9-14-21(22)24-17-23-20-12-7-5-6-8-13-20/h4-7,9-16,23-24H,3,8,17H2,1-2H3/b11-4-,18-16-. The van der Waals surface area contributed by atoms with Crippen LogP contribution in [0.25, 0.3) is 0 Å². The van der Waals surface area contributed by atoms with Crippen molar-refractivity contribution in [3.05, 3.63) is 96.5 Å². The zero-order chi connectivity index (χ0) is 18.6. The van der Waals surface area contributed by atoms with Crippen molar-refractivity contribution in [3.8, 4) is 0 Å². The van der Waals surface area contributed by atoms with E-state index in [2.05, 4.69) is 41.5 Å². The normalized spacial score (nSPS) is 14.1. The van der Waals surface area contributed by atoms with E-state index in [1.807, 2.05) is 62.4 Å². The Hall–Kier alpha value is -2.59. The van der Waals surface area contributed by atoms with Crippen LogP contribution in [0.5, 0.6) is 0 Å². The average molecular weight is 367 g/mol. The van der Waals surface area contributed by atoms with Crippen LogP contribution in [0.3, 0.4) is 0 Å². The van der Waals surface area contributed by atoms with Gasteiger partial charge < -0.3 is 14.8 Å². The molecule has 0 bridgehead atoms. The van der Waals surface area contributed by atoms with E-state index in [1.54, 1.807) is 0 Å². The molecular weight excluding hydrogens is 340 g/mol. The lowest BCUT2D eigenvalue weighted by Gasteiger charge is -2.13. The van der Waals surface area contributed by atoms with E-state index in [1.165, 1.54) is 12.0 Å². The molecule has 0 radical (unpaired) electrons. The molecule has 0 atom stereocenters. The summed E-state index contributed by atoms with van der Waals surface area (Å²) in [6.45, 7) is 8.59. The summed E-state index contributed by atoms with van der Waals surface area (Å²) in [5.41, 5.74) is 3.23. The van der Waals surface area contributed by atoms with Gasteiger partial charge in [0.15, 0.2) is 0 Å². The zero-order valence-corrected chi connectivity index (χ0v) is 16.2. The van der Waals surface area contributed by atoms with Crippen LogP contribution in [-0.4, -0.2) is 6.67 Å². The highest BCUT2D eigenvalue weighted by Gasteiger charge is 2.04. The summed E-state index contributed by atoms with van der Waals surface area (Å²) >= 11 is 1.31. The van der Waals surface area contributed by atoms with Crippen molar-refractivity contribution in [2.75, 3.05) is 12.0 Å². The predicted octanol–water partition coefficient (Wildman–Crippen LogP) is 6.11. The molecule has 3 nitrogen and oxygen atoms in total. The number of rotatable bonds is 9. The monoisotopic (exact) mass is 366 g/mol. The first-order valence-corrected chi connectivity index (χ1v) is 9.38. The summed E-state index contributed by atoms with van der Waals surface area (Å²) in [5.74, 6) is 0.625. The van der Waals surface area contributed by atoms with Gasteiger partial charge in [0.05, 0.1) is 29.3 Å². The van der Waals surface area contributed by atoms with E-state index >= 15 is 0 Å². The molecule has 0 heterocycles. The highest BCUT2D eigenvalue weighted by Crippen LogP contribution is 2.29. The Morgan fingerprint density at radius 3 is 2.96 bits per heavy atom. The molecule has 0 saturated carbocycles. The molecule has 0 amide bonds. The number of para-hydroxylation sites is 1. The molecule has 0 aliphatic heterocycles. The number of nitrogens with one attached hydrogen (secondary N) is 2. The van der Waals surface area contributed by atoms with Gasteiger partial charge in [-0.25, -0.2) is 0 Å². The van der Waals surface area contributed by atoms with E-state index in [-0.39, 0.29) is 0 Å². The Kier molecular flexibility index (Phi) is 8.43. The second-order valence-electron chi connectivity index (χ2n) is 5.73. The number of benzene rings is 1.